The molecular formula is C18H29FN2. The molecule has 0 aliphatic carbocycles. The summed E-state index contributed by atoms with van der Waals surface area (Å²) in [4.78, 5) is 2.27. The van der Waals surface area contributed by atoms with Crippen LogP contribution in [0, 0.1) is 11.7 Å². The van der Waals surface area contributed by atoms with Crippen molar-refractivity contribution in [3.05, 3.63) is 29.6 Å². The van der Waals surface area contributed by atoms with E-state index >= 15 is 0 Å². The van der Waals surface area contributed by atoms with Crippen molar-refractivity contribution >= 4 is 5.69 Å². The first kappa shape index (κ1) is 16.3. The molecule has 0 aromatic heterocycles. The quantitative estimate of drug-likeness (QED) is 0.891. The van der Waals surface area contributed by atoms with Crippen molar-refractivity contribution < 1.29 is 4.39 Å². The maximum atomic E-state index is 14.5. The number of halogens is 1. The molecule has 2 nitrogen and oxygen atoms in total. The van der Waals surface area contributed by atoms with Crippen LogP contribution < -0.4 is 10.2 Å². The fourth-order valence-corrected chi connectivity index (χ4v) is 3.04. The molecule has 118 valence electrons. The van der Waals surface area contributed by atoms with Crippen molar-refractivity contribution in [1.82, 2.24) is 5.32 Å². The van der Waals surface area contributed by atoms with E-state index in [2.05, 4.69) is 44.8 Å². The van der Waals surface area contributed by atoms with Crippen LogP contribution >= 0.6 is 0 Å². The predicted octanol–water partition coefficient (Wildman–Crippen LogP) is 4.34. The van der Waals surface area contributed by atoms with Crippen molar-refractivity contribution in [2.45, 2.75) is 65.6 Å². The Morgan fingerprint density at radius 3 is 2.67 bits per heavy atom. The van der Waals surface area contributed by atoms with Crippen molar-refractivity contribution in [2.24, 2.45) is 5.92 Å². The van der Waals surface area contributed by atoms with Gasteiger partial charge in [0.1, 0.15) is 5.82 Å². The van der Waals surface area contributed by atoms with Crippen molar-refractivity contribution in [3.8, 4) is 0 Å². The Morgan fingerprint density at radius 2 is 2.00 bits per heavy atom. The molecule has 2 unspecified atom stereocenters. The fraction of sp³-hybridized carbons (Fsp3) is 0.667. The molecule has 2 atom stereocenters. The van der Waals surface area contributed by atoms with Crippen LogP contribution in [0.5, 0.6) is 0 Å². The maximum Gasteiger partial charge on any atom is 0.146 e. The van der Waals surface area contributed by atoms with E-state index in [1.54, 1.807) is 6.07 Å². The Labute approximate surface area is 128 Å². The minimum absolute atomic E-state index is 0.0321. The van der Waals surface area contributed by atoms with Crippen LogP contribution in [-0.2, 0) is 6.54 Å². The standard InChI is InChI=1S/C18H29FN2/c1-13-8-7-11-21(14(13)2)17-15(9-6-10-16(17)19)12-20-18(3,4)5/h6,9-10,13-14,20H,7-8,11-12H2,1-5H3. The molecule has 1 aliphatic heterocycles. The molecular weight excluding hydrogens is 263 g/mol. The topological polar surface area (TPSA) is 15.3 Å². The minimum atomic E-state index is -0.0934. The molecule has 0 amide bonds. The van der Waals surface area contributed by atoms with E-state index in [-0.39, 0.29) is 11.4 Å². The highest BCUT2D eigenvalue weighted by molar-refractivity contribution is 5.56. The van der Waals surface area contributed by atoms with E-state index < -0.39 is 0 Å². The van der Waals surface area contributed by atoms with Crippen LogP contribution in [0.15, 0.2) is 18.2 Å². The molecule has 21 heavy (non-hydrogen) atoms. The van der Waals surface area contributed by atoms with Crippen LogP contribution in [0.1, 0.15) is 53.0 Å². The molecule has 1 heterocycles. The Kier molecular flexibility index (Phi) is 4.92. The van der Waals surface area contributed by atoms with Gasteiger partial charge in [-0.2, -0.15) is 0 Å². The summed E-state index contributed by atoms with van der Waals surface area (Å²) in [6, 6.07) is 5.84. The van der Waals surface area contributed by atoms with Crippen LogP contribution in [0.25, 0.3) is 0 Å². The molecule has 1 aromatic carbocycles. The normalized spacial score (nSPS) is 23.4. The van der Waals surface area contributed by atoms with E-state index in [4.69, 9.17) is 0 Å². The molecule has 1 saturated heterocycles. The summed E-state index contributed by atoms with van der Waals surface area (Å²) in [6.07, 6.45) is 2.38. The fourth-order valence-electron chi connectivity index (χ4n) is 3.04. The largest absolute Gasteiger partial charge is 0.366 e. The monoisotopic (exact) mass is 292 g/mol. The third-order valence-electron chi connectivity index (χ3n) is 4.54. The van der Waals surface area contributed by atoms with E-state index in [1.807, 2.05) is 12.1 Å². The number of nitrogens with zero attached hydrogens (tertiary/aromatic N) is 1. The lowest BCUT2D eigenvalue weighted by Crippen LogP contribution is -2.44. The van der Waals surface area contributed by atoms with Gasteiger partial charge in [-0.1, -0.05) is 19.1 Å². The summed E-state index contributed by atoms with van der Waals surface area (Å²) < 4.78 is 14.5. The van der Waals surface area contributed by atoms with Gasteiger partial charge in [-0.05, 0) is 58.1 Å². The lowest BCUT2D eigenvalue weighted by Gasteiger charge is -2.41. The van der Waals surface area contributed by atoms with Crippen LogP contribution in [0.2, 0.25) is 0 Å². The summed E-state index contributed by atoms with van der Waals surface area (Å²) in [5, 5.41) is 3.48. The highest BCUT2D eigenvalue weighted by atomic mass is 19.1. The number of piperidine rings is 1. The number of nitrogens with one attached hydrogen (secondary N) is 1. The summed E-state index contributed by atoms with van der Waals surface area (Å²) in [6.45, 7) is 12.6. The summed E-state index contributed by atoms with van der Waals surface area (Å²) in [7, 11) is 0. The number of hydrogen-bond donors (Lipinski definition) is 1. The highest BCUT2D eigenvalue weighted by Gasteiger charge is 2.28. The van der Waals surface area contributed by atoms with Gasteiger partial charge in [0, 0.05) is 24.7 Å². The van der Waals surface area contributed by atoms with Gasteiger partial charge < -0.3 is 10.2 Å². The highest BCUT2D eigenvalue weighted by Crippen LogP contribution is 2.33. The molecule has 1 N–H and O–H groups in total. The maximum absolute atomic E-state index is 14.5. The average molecular weight is 292 g/mol. The third-order valence-corrected chi connectivity index (χ3v) is 4.54. The summed E-state index contributed by atoms with van der Waals surface area (Å²) in [5.41, 5.74) is 1.89. The molecule has 0 spiro atoms. The lowest BCUT2D eigenvalue weighted by molar-refractivity contribution is 0.358. The molecule has 2 rings (SSSR count). The second kappa shape index (κ2) is 6.35. The second-order valence-corrected chi connectivity index (χ2v) is 7.40. The third kappa shape index (κ3) is 3.97. The molecule has 1 fully saturated rings. The number of hydrogen-bond acceptors (Lipinski definition) is 2. The zero-order chi connectivity index (χ0) is 15.6. The van der Waals surface area contributed by atoms with Gasteiger partial charge in [-0.25, -0.2) is 4.39 Å². The Morgan fingerprint density at radius 1 is 1.29 bits per heavy atom. The van der Waals surface area contributed by atoms with Gasteiger partial charge >= 0.3 is 0 Å². The molecule has 3 heteroatoms. The van der Waals surface area contributed by atoms with Gasteiger partial charge in [0.05, 0.1) is 5.69 Å². The summed E-state index contributed by atoms with van der Waals surface area (Å²) in [5.74, 6) is 0.519. The molecule has 0 radical (unpaired) electrons. The predicted molar refractivity (Wildman–Crippen MR) is 88.2 cm³/mol. The van der Waals surface area contributed by atoms with E-state index in [0.29, 0.717) is 18.5 Å². The molecule has 0 saturated carbocycles. The van der Waals surface area contributed by atoms with Crippen molar-refractivity contribution in [2.75, 3.05) is 11.4 Å². The van der Waals surface area contributed by atoms with Crippen LogP contribution in [0.4, 0.5) is 10.1 Å². The molecule has 1 aromatic rings. The first-order valence-electron chi connectivity index (χ1n) is 8.08. The van der Waals surface area contributed by atoms with Crippen molar-refractivity contribution in [1.29, 1.82) is 0 Å². The lowest BCUT2D eigenvalue weighted by atomic mass is 9.91. The van der Waals surface area contributed by atoms with Crippen LogP contribution in [0.3, 0.4) is 0 Å². The van der Waals surface area contributed by atoms with Gasteiger partial charge in [0.25, 0.3) is 0 Å². The number of rotatable bonds is 3. The average Bonchev–Trinajstić information content (AvgIpc) is 2.39. The van der Waals surface area contributed by atoms with Gasteiger partial charge in [-0.3, -0.25) is 0 Å². The van der Waals surface area contributed by atoms with Gasteiger partial charge in [0.2, 0.25) is 0 Å². The minimum Gasteiger partial charge on any atom is -0.366 e. The summed E-state index contributed by atoms with van der Waals surface area (Å²) >= 11 is 0. The Balaban J connectivity index is 2.29. The first-order chi connectivity index (χ1) is 9.79. The molecule has 1 aliphatic rings. The van der Waals surface area contributed by atoms with Gasteiger partial charge in [0.15, 0.2) is 0 Å². The van der Waals surface area contributed by atoms with E-state index in [0.717, 1.165) is 24.2 Å². The Bertz CT molecular complexity index is 479. The number of para-hydroxylation sites is 1. The molecule has 0 bridgehead atoms. The Hall–Kier alpha value is -1.09. The zero-order valence-electron chi connectivity index (χ0n) is 14.0. The number of benzene rings is 1. The second-order valence-electron chi connectivity index (χ2n) is 7.40. The first-order valence-corrected chi connectivity index (χ1v) is 8.08. The SMILES string of the molecule is CC1CCCN(c2c(F)cccc2CNC(C)(C)C)C1C. The zero-order valence-corrected chi connectivity index (χ0v) is 14.0. The van der Waals surface area contributed by atoms with Gasteiger partial charge in [-0.15, -0.1) is 0 Å². The van der Waals surface area contributed by atoms with E-state index in [9.17, 15) is 4.39 Å². The smallest absolute Gasteiger partial charge is 0.146 e. The van der Waals surface area contributed by atoms with Crippen molar-refractivity contribution in [3.63, 3.8) is 0 Å². The van der Waals surface area contributed by atoms with Crippen LogP contribution in [-0.4, -0.2) is 18.1 Å². The van der Waals surface area contributed by atoms with E-state index in [1.165, 1.54) is 6.42 Å². The number of anilines is 1.